The third-order valence-corrected chi connectivity index (χ3v) is 9.05. The Morgan fingerprint density at radius 3 is 2.56 bits per heavy atom. The summed E-state index contributed by atoms with van der Waals surface area (Å²) in [5, 5.41) is 5.04. The van der Waals surface area contributed by atoms with Gasteiger partial charge in [-0.25, -0.2) is 18.1 Å². The Morgan fingerprint density at radius 1 is 1.05 bits per heavy atom. The summed E-state index contributed by atoms with van der Waals surface area (Å²) >= 11 is 0. The van der Waals surface area contributed by atoms with E-state index in [1.807, 2.05) is 79.0 Å². The van der Waals surface area contributed by atoms with Crippen molar-refractivity contribution in [3.05, 3.63) is 83.8 Å². The summed E-state index contributed by atoms with van der Waals surface area (Å²) in [6.07, 6.45) is 5.30. The van der Waals surface area contributed by atoms with Gasteiger partial charge in [-0.05, 0) is 36.6 Å². The molecule has 1 saturated heterocycles. The molecule has 4 heterocycles. The summed E-state index contributed by atoms with van der Waals surface area (Å²) < 4.78 is 38.4. The molecule has 1 fully saturated rings. The van der Waals surface area contributed by atoms with Crippen LogP contribution in [0.3, 0.4) is 0 Å². The predicted octanol–water partition coefficient (Wildman–Crippen LogP) is 4.01. The van der Waals surface area contributed by atoms with E-state index in [9.17, 15) is 13.2 Å². The quantitative estimate of drug-likeness (QED) is 0.286. The van der Waals surface area contributed by atoms with Crippen LogP contribution in [0.15, 0.2) is 72.0 Å². The van der Waals surface area contributed by atoms with Crippen molar-refractivity contribution in [2.75, 3.05) is 17.8 Å². The number of sulfonamides is 1. The Morgan fingerprint density at radius 2 is 1.81 bits per heavy atom. The summed E-state index contributed by atoms with van der Waals surface area (Å²) in [5.41, 5.74) is 5.45. The van der Waals surface area contributed by atoms with E-state index < -0.39 is 10.0 Å². The number of anilines is 1. The van der Waals surface area contributed by atoms with Gasteiger partial charge in [-0.2, -0.15) is 10.1 Å². The fraction of sp³-hybridized carbons (Fsp3) is 0.290. The first kappa shape index (κ1) is 28.4. The molecule has 222 valence electrons. The Bertz CT molecular complexity index is 1930. The van der Waals surface area contributed by atoms with Gasteiger partial charge in [0.15, 0.2) is 0 Å². The van der Waals surface area contributed by atoms with Gasteiger partial charge in [-0.15, -0.1) is 0 Å². The molecule has 0 aliphatic carbocycles. The summed E-state index contributed by atoms with van der Waals surface area (Å²) in [6, 6.07) is 15.7. The number of carbonyl (C=O) groups excluding carboxylic acids is 1. The molecule has 1 amide bonds. The molecule has 1 aliphatic rings. The lowest BCUT2D eigenvalue weighted by Crippen LogP contribution is -2.32. The van der Waals surface area contributed by atoms with Crippen LogP contribution >= 0.6 is 0 Å². The minimum absolute atomic E-state index is 0.00492. The topological polar surface area (TPSA) is 124 Å². The molecule has 1 unspecified atom stereocenters. The van der Waals surface area contributed by atoms with Crippen molar-refractivity contribution in [3.8, 4) is 17.1 Å². The Kier molecular flexibility index (Phi) is 7.38. The second kappa shape index (κ2) is 11.2. The molecule has 0 radical (unpaired) electrons. The fourth-order valence-electron chi connectivity index (χ4n) is 5.66. The normalized spacial score (nSPS) is 15.3. The van der Waals surface area contributed by atoms with E-state index >= 15 is 0 Å². The standard InChI is InChI=1S/C31H33N7O4S/c1-20-8-7-9-21(2)30(20)26-15-28(34-31(33-26)35-43(40,41)24-16-32-37(4)19-24)42-23-12-13-38(18-23)29(39)14-22-17-36(3)27-11-6-5-10-25(22)27/h5-11,15-17,19,23H,12-14,18H2,1-4H3,(H,33,34,35). The van der Waals surface area contributed by atoms with E-state index in [2.05, 4.69) is 19.8 Å². The third-order valence-electron chi connectivity index (χ3n) is 7.76. The molecule has 2 aromatic carbocycles. The molecule has 11 nitrogen and oxygen atoms in total. The van der Waals surface area contributed by atoms with Gasteiger partial charge < -0.3 is 14.2 Å². The molecule has 3 aromatic heterocycles. The van der Waals surface area contributed by atoms with Crippen LogP contribution in [0.4, 0.5) is 5.95 Å². The maximum Gasteiger partial charge on any atom is 0.267 e. The van der Waals surface area contributed by atoms with Crippen molar-refractivity contribution >= 4 is 32.8 Å². The molecule has 1 atom stereocenters. The van der Waals surface area contributed by atoms with Gasteiger partial charge in [0, 0.05) is 62.0 Å². The number of aromatic nitrogens is 5. The number of carbonyl (C=O) groups is 1. The fourth-order valence-corrected chi connectivity index (χ4v) is 6.58. The van der Waals surface area contributed by atoms with Crippen LogP contribution in [0, 0.1) is 13.8 Å². The number of nitrogens with zero attached hydrogens (tertiary/aromatic N) is 6. The number of fused-ring (bicyclic) bond motifs is 1. The van der Waals surface area contributed by atoms with E-state index in [-0.39, 0.29) is 28.7 Å². The maximum absolute atomic E-state index is 13.3. The average molecular weight is 600 g/mol. The van der Waals surface area contributed by atoms with E-state index in [4.69, 9.17) is 4.74 Å². The van der Waals surface area contributed by atoms with E-state index in [0.29, 0.717) is 31.6 Å². The lowest BCUT2D eigenvalue weighted by Gasteiger charge is -2.18. The zero-order chi connectivity index (χ0) is 30.3. The smallest absolute Gasteiger partial charge is 0.267 e. The van der Waals surface area contributed by atoms with Crippen molar-refractivity contribution < 1.29 is 17.9 Å². The number of hydrogen-bond donors (Lipinski definition) is 1. The number of rotatable bonds is 8. The molecule has 5 aromatic rings. The zero-order valence-corrected chi connectivity index (χ0v) is 25.3. The summed E-state index contributed by atoms with van der Waals surface area (Å²) in [5.74, 6) is 0.150. The largest absolute Gasteiger partial charge is 0.472 e. The number of benzene rings is 2. The number of ether oxygens (including phenoxy) is 1. The first-order valence-corrected chi connectivity index (χ1v) is 15.5. The van der Waals surface area contributed by atoms with Gasteiger partial charge in [0.1, 0.15) is 11.0 Å². The average Bonchev–Trinajstić information content (AvgIpc) is 3.68. The second-order valence-corrected chi connectivity index (χ2v) is 12.6. The highest BCUT2D eigenvalue weighted by atomic mass is 32.2. The second-order valence-electron chi connectivity index (χ2n) is 11.0. The molecular formula is C31H33N7O4S. The Labute approximate surface area is 250 Å². The Balaban J connectivity index is 1.23. The molecule has 6 rings (SSSR count). The summed E-state index contributed by atoms with van der Waals surface area (Å²) in [7, 11) is -0.367. The van der Waals surface area contributed by atoms with Crippen molar-refractivity contribution in [3.63, 3.8) is 0 Å². The van der Waals surface area contributed by atoms with Crippen molar-refractivity contribution in [2.45, 2.75) is 37.7 Å². The van der Waals surface area contributed by atoms with E-state index in [1.165, 1.54) is 17.1 Å². The number of aryl methyl sites for hydroxylation is 4. The van der Waals surface area contributed by atoms with E-state index in [1.54, 1.807) is 13.1 Å². The number of likely N-dealkylation sites (tertiary alicyclic amines) is 1. The van der Waals surface area contributed by atoms with Gasteiger partial charge in [-0.3, -0.25) is 9.48 Å². The molecule has 12 heteroatoms. The van der Waals surface area contributed by atoms with Gasteiger partial charge in [0.05, 0.1) is 24.9 Å². The molecule has 1 N–H and O–H groups in total. The number of hydrogen-bond acceptors (Lipinski definition) is 7. The van der Waals surface area contributed by atoms with Gasteiger partial charge >= 0.3 is 0 Å². The van der Waals surface area contributed by atoms with Gasteiger partial charge in [0.25, 0.3) is 10.0 Å². The highest BCUT2D eigenvalue weighted by Gasteiger charge is 2.29. The minimum atomic E-state index is -3.99. The van der Waals surface area contributed by atoms with Crippen LogP contribution in [-0.4, -0.2) is 62.7 Å². The lowest BCUT2D eigenvalue weighted by molar-refractivity contribution is -0.129. The van der Waals surface area contributed by atoms with Gasteiger partial charge in [0.2, 0.25) is 17.7 Å². The highest BCUT2D eigenvalue weighted by Crippen LogP contribution is 2.30. The molecule has 43 heavy (non-hydrogen) atoms. The zero-order valence-electron chi connectivity index (χ0n) is 24.5. The first-order valence-electron chi connectivity index (χ1n) is 14.0. The first-order chi connectivity index (χ1) is 20.6. The predicted molar refractivity (Wildman–Crippen MR) is 163 cm³/mol. The lowest BCUT2D eigenvalue weighted by atomic mass is 10.00. The van der Waals surface area contributed by atoms with Crippen molar-refractivity contribution in [1.82, 2.24) is 29.2 Å². The van der Waals surface area contributed by atoms with Crippen LogP contribution in [0.5, 0.6) is 5.88 Å². The monoisotopic (exact) mass is 599 g/mol. The van der Waals surface area contributed by atoms with Crippen LogP contribution in [0.25, 0.3) is 22.2 Å². The minimum Gasteiger partial charge on any atom is -0.472 e. The highest BCUT2D eigenvalue weighted by molar-refractivity contribution is 7.92. The van der Waals surface area contributed by atoms with E-state index in [0.717, 1.165) is 33.2 Å². The summed E-state index contributed by atoms with van der Waals surface area (Å²) in [6.45, 7) is 4.91. The Hall–Kier alpha value is -4.71. The third kappa shape index (κ3) is 5.82. The molecular weight excluding hydrogens is 566 g/mol. The van der Waals surface area contributed by atoms with Gasteiger partial charge in [-0.1, -0.05) is 36.4 Å². The van der Waals surface area contributed by atoms with Crippen LogP contribution in [-0.2, 0) is 35.3 Å². The van der Waals surface area contributed by atoms with Crippen molar-refractivity contribution in [1.29, 1.82) is 0 Å². The maximum atomic E-state index is 13.3. The van der Waals surface area contributed by atoms with Crippen molar-refractivity contribution in [2.24, 2.45) is 14.1 Å². The van der Waals surface area contributed by atoms with Crippen LogP contribution < -0.4 is 9.46 Å². The number of nitrogens with one attached hydrogen (secondary N) is 1. The van der Waals surface area contributed by atoms with Crippen LogP contribution in [0.2, 0.25) is 0 Å². The summed E-state index contributed by atoms with van der Waals surface area (Å²) in [4.78, 5) is 24.1. The molecule has 1 aliphatic heterocycles. The number of para-hydroxylation sites is 1. The molecule has 0 spiro atoms. The SMILES string of the molecule is Cc1cccc(C)c1-c1cc(OC2CCN(C(=O)Cc3cn(C)c4ccccc34)C2)nc(NS(=O)(=O)c2cnn(C)c2)n1. The molecule has 0 saturated carbocycles. The molecule has 0 bridgehead atoms. The number of amides is 1. The van der Waals surface area contributed by atoms with Crippen LogP contribution in [0.1, 0.15) is 23.1 Å².